The summed E-state index contributed by atoms with van der Waals surface area (Å²) in [6.07, 6.45) is 0. The lowest BCUT2D eigenvalue weighted by atomic mass is 10.1. The zero-order valence-electron chi connectivity index (χ0n) is 13.8. The number of nitrogens with zero attached hydrogens (tertiary/aromatic N) is 2. The zero-order chi connectivity index (χ0) is 17.1. The average molecular weight is 359 g/mol. The Labute approximate surface area is 151 Å². The highest BCUT2D eigenvalue weighted by atomic mass is 35.5. The van der Waals surface area contributed by atoms with Gasteiger partial charge < -0.3 is 0 Å². The van der Waals surface area contributed by atoms with Gasteiger partial charge in [-0.3, -0.25) is 14.7 Å². The van der Waals surface area contributed by atoms with Crippen LogP contribution in [0.4, 0.5) is 0 Å². The fourth-order valence-corrected chi connectivity index (χ4v) is 3.82. The van der Waals surface area contributed by atoms with Gasteiger partial charge in [0.2, 0.25) is 0 Å². The number of amidine groups is 1. The molecule has 0 unspecified atom stereocenters. The van der Waals surface area contributed by atoms with Gasteiger partial charge in [0.05, 0.1) is 6.54 Å². The average Bonchev–Trinajstić information content (AvgIpc) is 3.04. The van der Waals surface area contributed by atoms with E-state index < -0.39 is 0 Å². The van der Waals surface area contributed by atoms with Crippen LogP contribution in [0.3, 0.4) is 0 Å². The van der Waals surface area contributed by atoms with E-state index in [1.807, 2.05) is 0 Å². The Morgan fingerprint density at radius 3 is 2.71 bits per heavy atom. The minimum absolute atomic E-state index is 0.0172. The Morgan fingerprint density at radius 2 is 1.96 bits per heavy atom. The first-order valence-corrected chi connectivity index (χ1v) is 9.22. The minimum Gasteiger partial charge on any atom is -0.286 e. The molecule has 0 radical (unpaired) electrons. The first kappa shape index (κ1) is 17.1. The second-order valence-corrected chi connectivity index (χ2v) is 7.23. The van der Waals surface area contributed by atoms with Gasteiger partial charge in [-0.25, -0.2) is 0 Å². The third kappa shape index (κ3) is 3.82. The first-order valence-electron chi connectivity index (χ1n) is 7.85. The van der Waals surface area contributed by atoms with Crippen LogP contribution in [-0.4, -0.2) is 29.1 Å². The second-order valence-electron chi connectivity index (χ2n) is 5.85. The van der Waals surface area contributed by atoms with E-state index in [9.17, 15) is 4.79 Å². The molecule has 0 aliphatic carbocycles. The highest BCUT2D eigenvalue weighted by Gasteiger charge is 2.25. The van der Waals surface area contributed by atoms with E-state index in [0.717, 1.165) is 10.9 Å². The monoisotopic (exact) mass is 358 g/mol. The van der Waals surface area contributed by atoms with E-state index >= 15 is 0 Å². The molecule has 0 bridgehead atoms. The third-order valence-corrected chi connectivity index (χ3v) is 5.31. The number of halogens is 1. The summed E-state index contributed by atoms with van der Waals surface area (Å²) in [5.74, 6) is 0.799. The van der Waals surface area contributed by atoms with E-state index in [0.29, 0.717) is 23.7 Å². The van der Waals surface area contributed by atoms with E-state index in [1.165, 1.54) is 16.7 Å². The van der Waals surface area contributed by atoms with Crippen LogP contribution in [0.2, 0.25) is 5.02 Å². The lowest BCUT2D eigenvalue weighted by molar-refractivity contribution is 0.0860. The van der Waals surface area contributed by atoms with Crippen LogP contribution in [0.25, 0.3) is 0 Å². The number of aryl methyl sites for hydroxylation is 2. The molecule has 0 N–H and O–H groups in total. The number of carbonyl (C=O) groups is 1. The third-order valence-electron chi connectivity index (χ3n) is 4.00. The van der Waals surface area contributed by atoms with Crippen molar-refractivity contribution in [1.82, 2.24) is 4.90 Å². The van der Waals surface area contributed by atoms with Crippen LogP contribution < -0.4 is 0 Å². The number of thioether (sulfide) groups is 1. The van der Waals surface area contributed by atoms with Crippen molar-refractivity contribution in [2.45, 2.75) is 19.6 Å². The lowest BCUT2D eigenvalue weighted by Gasteiger charge is -2.18. The number of benzene rings is 2. The molecule has 24 heavy (non-hydrogen) atoms. The van der Waals surface area contributed by atoms with Gasteiger partial charge >= 0.3 is 0 Å². The predicted molar refractivity (Wildman–Crippen MR) is 102 cm³/mol. The number of hydrogen-bond donors (Lipinski definition) is 0. The molecule has 0 saturated carbocycles. The van der Waals surface area contributed by atoms with Crippen LogP contribution in [0.15, 0.2) is 47.5 Å². The van der Waals surface area contributed by atoms with Gasteiger partial charge in [-0.2, -0.15) is 0 Å². The van der Waals surface area contributed by atoms with Crippen molar-refractivity contribution in [3.63, 3.8) is 0 Å². The van der Waals surface area contributed by atoms with Crippen LogP contribution in [0.1, 0.15) is 27.0 Å². The van der Waals surface area contributed by atoms with Crippen LogP contribution >= 0.6 is 23.4 Å². The summed E-state index contributed by atoms with van der Waals surface area (Å²) >= 11 is 7.52. The van der Waals surface area contributed by atoms with Gasteiger partial charge in [-0.1, -0.05) is 47.1 Å². The fourth-order valence-electron chi connectivity index (χ4n) is 2.58. The van der Waals surface area contributed by atoms with Gasteiger partial charge in [0.1, 0.15) is 0 Å². The number of amides is 1. The van der Waals surface area contributed by atoms with Gasteiger partial charge in [-0.05, 0) is 49.2 Å². The molecule has 1 aliphatic rings. The maximum Gasteiger partial charge on any atom is 0.259 e. The van der Waals surface area contributed by atoms with Crippen molar-refractivity contribution < 1.29 is 4.79 Å². The van der Waals surface area contributed by atoms with E-state index in [1.54, 1.807) is 40.9 Å². The fraction of sp³-hybridized carbons (Fsp3) is 0.263. The summed E-state index contributed by atoms with van der Waals surface area (Å²) in [7, 11) is 0. The Bertz CT molecular complexity index is 786. The van der Waals surface area contributed by atoms with Crippen molar-refractivity contribution in [2.24, 2.45) is 4.99 Å². The van der Waals surface area contributed by atoms with E-state index in [2.05, 4.69) is 37.0 Å². The maximum atomic E-state index is 12.7. The molecule has 1 amide bonds. The standard InChI is InChI=1S/C19H19ClN2OS/c1-13-3-4-14(2)16(11-13)12-24-19-21-9-10-22(19)18(23)15-5-7-17(20)8-6-15/h3-8,11H,9-10,12H2,1-2H3. The number of hydrogen-bond acceptors (Lipinski definition) is 3. The molecule has 1 aliphatic heterocycles. The van der Waals surface area contributed by atoms with Crippen LogP contribution in [0, 0.1) is 13.8 Å². The second kappa shape index (κ2) is 7.41. The molecule has 0 spiro atoms. The summed E-state index contributed by atoms with van der Waals surface area (Å²) in [5, 5.41) is 1.43. The Morgan fingerprint density at radius 1 is 1.21 bits per heavy atom. The topological polar surface area (TPSA) is 32.7 Å². The molecule has 5 heteroatoms. The largest absolute Gasteiger partial charge is 0.286 e. The zero-order valence-corrected chi connectivity index (χ0v) is 15.3. The number of carbonyl (C=O) groups excluding carboxylic acids is 1. The maximum absolute atomic E-state index is 12.7. The van der Waals surface area contributed by atoms with Crippen LogP contribution in [0.5, 0.6) is 0 Å². The van der Waals surface area contributed by atoms with Gasteiger partial charge in [0, 0.05) is 22.9 Å². The van der Waals surface area contributed by atoms with Crippen molar-refractivity contribution in [3.05, 3.63) is 69.7 Å². The molecule has 3 rings (SSSR count). The number of rotatable bonds is 3. The quantitative estimate of drug-likeness (QED) is 0.796. The van der Waals surface area contributed by atoms with Crippen LogP contribution in [-0.2, 0) is 5.75 Å². The minimum atomic E-state index is -0.0172. The van der Waals surface area contributed by atoms with Crippen molar-refractivity contribution in [3.8, 4) is 0 Å². The molecule has 2 aromatic carbocycles. The molecule has 0 fully saturated rings. The highest BCUT2D eigenvalue weighted by molar-refractivity contribution is 8.13. The van der Waals surface area contributed by atoms with Gasteiger partial charge in [0.15, 0.2) is 5.17 Å². The Balaban J connectivity index is 1.70. The van der Waals surface area contributed by atoms with E-state index in [4.69, 9.17) is 11.6 Å². The highest BCUT2D eigenvalue weighted by Crippen LogP contribution is 2.24. The van der Waals surface area contributed by atoms with Crippen molar-refractivity contribution >= 4 is 34.4 Å². The SMILES string of the molecule is Cc1ccc(C)c(CSC2=NCCN2C(=O)c2ccc(Cl)cc2)c1. The number of aliphatic imine (C=N–C) groups is 1. The Hall–Kier alpha value is -1.78. The summed E-state index contributed by atoms with van der Waals surface area (Å²) in [5.41, 5.74) is 4.44. The smallest absolute Gasteiger partial charge is 0.259 e. The van der Waals surface area contributed by atoms with Gasteiger partial charge in [-0.15, -0.1) is 0 Å². The molecular weight excluding hydrogens is 340 g/mol. The van der Waals surface area contributed by atoms with E-state index in [-0.39, 0.29) is 5.91 Å². The summed E-state index contributed by atoms with van der Waals surface area (Å²) < 4.78 is 0. The van der Waals surface area contributed by atoms with Crippen molar-refractivity contribution in [1.29, 1.82) is 0 Å². The first-order chi connectivity index (χ1) is 11.5. The van der Waals surface area contributed by atoms with Crippen molar-refractivity contribution in [2.75, 3.05) is 13.1 Å². The molecule has 0 atom stereocenters. The lowest BCUT2D eigenvalue weighted by Crippen LogP contribution is -2.32. The molecule has 2 aromatic rings. The Kier molecular flexibility index (Phi) is 5.27. The summed E-state index contributed by atoms with van der Waals surface area (Å²) in [4.78, 5) is 19.0. The molecule has 0 aromatic heterocycles. The molecule has 0 saturated heterocycles. The summed E-state index contributed by atoms with van der Waals surface area (Å²) in [6, 6.07) is 13.5. The predicted octanol–water partition coefficient (Wildman–Crippen LogP) is 4.70. The molecule has 124 valence electrons. The summed E-state index contributed by atoms with van der Waals surface area (Å²) in [6.45, 7) is 5.50. The van der Waals surface area contributed by atoms with Gasteiger partial charge in [0.25, 0.3) is 5.91 Å². The normalized spacial score (nSPS) is 14.0. The molecular formula is C19H19ClN2OS. The molecule has 1 heterocycles. The molecule has 3 nitrogen and oxygen atoms in total.